The van der Waals surface area contributed by atoms with Crippen molar-refractivity contribution < 1.29 is 4.74 Å². The molecule has 4 heteroatoms. The zero-order valence-corrected chi connectivity index (χ0v) is 12.0. The van der Waals surface area contributed by atoms with Crippen LogP contribution in [-0.4, -0.2) is 19.2 Å². The fourth-order valence-corrected chi connectivity index (χ4v) is 1.93. The number of nitriles is 1. The Hall–Kier alpha value is -1.89. The molecule has 0 spiro atoms. The molecule has 0 radical (unpaired) electrons. The van der Waals surface area contributed by atoms with E-state index in [1.165, 1.54) is 0 Å². The molecule has 2 N–H and O–H groups in total. The molecule has 1 aromatic carbocycles. The van der Waals surface area contributed by atoms with Gasteiger partial charge in [0.2, 0.25) is 0 Å². The van der Waals surface area contributed by atoms with E-state index in [4.69, 9.17) is 15.7 Å². The van der Waals surface area contributed by atoms with Gasteiger partial charge in [0.05, 0.1) is 19.1 Å². The van der Waals surface area contributed by atoms with E-state index in [2.05, 4.69) is 31.7 Å². The summed E-state index contributed by atoms with van der Waals surface area (Å²) in [5, 5.41) is 8.74. The summed E-state index contributed by atoms with van der Waals surface area (Å²) in [5.41, 5.74) is 7.62. The van der Waals surface area contributed by atoms with Crippen LogP contribution in [0.5, 0.6) is 5.75 Å². The maximum absolute atomic E-state index is 8.74. The van der Waals surface area contributed by atoms with Crippen LogP contribution in [0.25, 0.3) is 0 Å². The number of benzene rings is 1. The van der Waals surface area contributed by atoms with Crippen LogP contribution in [0.3, 0.4) is 0 Å². The molecule has 0 unspecified atom stereocenters. The standard InChI is InChI=1S/C15H23N3O/c1-4-8-19-15-10-13(17)9-14(11-15)18(12(2)3)7-5-6-16/h9-12H,4-5,7-8,17H2,1-3H3. The Morgan fingerprint density at radius 3 is 2.68 bits per heavy atom. The first-order chi connectivity index (χ1) is 9.08. The van der Waals surface area contributed by atoms with Gasteiger partial charge in [-0.2, -0.15) is 5.26 Å². The Morgan fingerprint density at radius 2 is 2.11 bits per heavy atom. The molecule has 0 atom stereocenters. The second-order valence-corrected chi connectivity index (χ2v) is 4.80. The monoisotopic (exact) mass is 261 g/mol. The maximum atomic E-state index is 8.74. The molecule has 104 valence electrons. The van der Waals surface area contributed by atoms with Gasteiger partial charge in [0.1, 0.15) is 5.75 Å². The fraction of sp³-hybridized carbons (Fsp3) is 0.533. The molecule has 0 aromatic heterocycles. The minimum atomic E-state index is 0.314. The van der Waals surface area contributed by atoms with E-state index in [0.717, 1.165) is 17.9 Å². The molecule has 0 aliphatic rings. The van der Waals surface area contributed by atoms with Crippen LogP contribution in [0.2, 0.25) is 0 Å². The molecule has 0 amide bonds. The molecule has 0 saturated heterocycles. The van der Waals surface area contributed by atoms with Gasteiger partial charge in [-0.05, 0) is 26.3 Å². The van der Waals surface area contributed by atoms with Gasteiger partial charge in [0.25, 0.3) is 0 Å². The van der Waals surface area contributed by atoms with Crippen LogP contribution < -0.4 is 15.4 Å². The number of nitrogens with two attached hydrogens (primary N) is 1. The topological polar surface area (TPSA) is 62.3 Å². The zero-order valence-electron chi connectivity index (χ0n) is 12.0. The first-order valence-corrected chi connectivity index (χ1v) is 6.75. The Labute approximate surface area is 115 Å². The van der Waals surface area contributed by atoms with Crippen molar-refractivity contribution in [3.05, 3.63) is 18.2 Å². The average molecular weight is 261 g/mol. The van der Waals surface area contributed by atoms with Crippen molar-refractivity contribution in [2.45, 2.75) is 39.7 Å². The average Bonchev–Trinajstić information content (AvgIpc) is 2.36. The Morgan fingerprint density at radius 1 is 1.37 bits per heavy atom. The molecule has 1 rings (SSSR count). The zero-order chi connectivity index (χ0) is 14.3. The van der Waals surface area contributed by atoms with Crippen molar-refractivity contribution in [3.63, 3.8) is 0 Å². The minimum absolute atomic E-state index is 0.314. The van der Waals surface area contributed by atoms with E-state index in [1.807, 2.05) is 18.2 Å². The lowest BCUT2D eigenvalue weighted by Gasteiger charge is -2.28. The van der Waals surface area contributed by atoms with Gasteiger partial charge in [-0.25, -0.2) is 0 Å². The molecule has 19 heavy (non-hydrogen) atoms. The summed E-state index contributed by atoms with van der Waals surface area (Å²) in [6.45, 7) is 7.66. The molecule has 0 fully saturated rings. The normalized spacial score (nSPS) is 10.3. The molecular formula is C15H23N3O. The van der Waals surface area contributed by atoms with Crippen LogP contribution in [0.4, 0.5) is 11.4 Å². The number of hydrogen-bond acceptors (Lipinski definition) is 4. The third kappa shape index (κ3) is 4.70. The second kappa shape index (κ2) is 7.52. The molecule has 4 nitrogen and oxygen atoms in total. The van der Waals surface area contributed by atoms with E-state index in [9.17, 15) is 0 Å². The van der Waals surface area contributed by atoms with E-state index < -0.39 is 0 Å². The first-order valence-electron chi connectivity index (χ1n) is 6.75. The highest BCUT2D eigenvalue weighted by atomic mass is 16.5. The smallest absolute Gasteiger partial charge is 0.123 e. The van der Waals surface area contributed by atoms with Gasteiger partial charge in [0.15, 0.2) is 0 Å². The summed E-state index contributed by atoms with van der Waals surface area (Å²) in [4.78, 5) is 2.17. The van der Waals surface area contributed by atoms with E-state index in [0.29, 0.717) is 31.3 Å². The van der Waals surface area contributed by atoms with Crippen LogP contribution >= 0.6 is 0 Å². The predicted molar refractivity (Wildman–Crippen MR) is 79.4 cm³/mol. The Balaban J connectivity index is 2.95. The summed E-state index contributed by atoms with van der Waals surface area (Å²) in [6, 6.07) is 8.25. The molecule has 0 aliphatic carbocycles. The highest BCUT2D eigenvalue weighted by Gasteiger charge is 2.12. The molecule has 1 aromatic rings. The minimum Gasteiger partial charge on any atom is -0.493 e. The van der Waals surface area contributed by atoms with Gasteiger partial charge in [-0.1, -0.05) is 6.92 Å². The maximum Gasteiger partial charge on any atom is 0.123 e. The summed E-state index contributed by atoms with van der Waals surface area (Å²) >= 11 is 0. The lowest BCUT2D eigenvalue weighted by Crippen LogP contribution is -2.31. The first kappa shape index (κ1) is 15.2. The number of nitrogen functional groups attached to an aromatic ring is 1. The lowest BCUT2D eigenvalue weighted by atomic mass is 10.2. The number of hydrogen-bond donors (Lipinski definition) is 1. The van der Waals surface area contributed by atoms with Crippen LogP contribution in [-0.2, 0) is 0 Å². The molecular weight excluding hydrogens is 238 g/mol. The van der Waals surface area contributed by atoms with Crippen LogP contribution in [0.1, 0.15) is 33.6 Å². The number of anilines is 2. The van der Waals surface area contributed by atoms with Gasteiger partial charge in [-0.3, -0.25) is 0 Å². The van der Waals surface area contributed by atoms with Crippen molar-refractivity contribution in [3.8, 4) is 11.8 Å². The summed E-state index contributed by atoms with van der Waals surface area (Å²) in [6.07, 6.45) is 1.46. The fourth-order valence-electron chi connectivity index (χ4n) is 1.93. The third-order valence-electron chi connectivity index (χ3n) is 2.81. The largest absolute Gasteiger partial charge is 0.493 e. The SMILES string of the molecule is CCCOc1cc(N)cc(N(CCC#N)C(C)C)c1. The Bertz CT molecular complexity index is 438. The van der Waals surface area contributed by atoms with Crippen molar-refractivity contribution in [2.75, 3.05) is 23.8 Å². The molecule has 0 aliphatic heterocycles. The van der Waals surface area contributed by atoms with Gasteiger partial charge in [-0.15, -0.1) is 0 Å². The van der Waals surface area contributed by atoms with E-state index in [1.54, 1.807) is 0 Å². The van der Waals surface area contributed by atoms with Crippen molar-refractivity contribution in [1.29, 1.82) is 5.26 Å². The van der Waals surface area contributed by atoms with Gasteiger partial charge >= 0.3 is 0 Å². The quantitative estimate of drug-likeness (QED) is 0.766. The van der Waals surface area contributed by atoms with E-state index >= 15 is 0 Å². The van der Waals surface area contributed by atoms with Crippen LogP contribution in [0, 0.1) is 11.3 Å². The lowest BCUT2D eigenvalue weighted by molar-refractivity contribution is 0.317. The molecule has 0 saturated carbocycles. The van der Waals surface area contributed by atoms with Crippen molar-refractivity contribution in [1.82, 2.24) is 0 Å². The summed E-state index contributed by atoms with van der Waals surface area (Å²) in [7, 11) is 0. The highest BCUT2D eigenvalue weighted by molar-refractivity contribution is 5.61. The number of nitrogens with zero attached hydrogens (tertiary/aromatic N) is 2. The molecule has 0 bridgehead atoms. The third-order valence-corrected chi connectivity index (χ3v) is 2.81. The van der Waals surface area contributed by atoms with Crippen molar-refractivity contribution in [2.24, 2.45) is 0 Å². The van der Waals surface area contributed by atoms with Gasteiger partial charge < -0.3 is 15.4 Å². The summed E-state index contributed by atoms with van der Waals surface area (Å²) < 4.78 is 5.64. The highest BCUT2D eigenvalue weighted by Crippen LogP contribution is 2.27. The number of ether oxygens (including phenoxy) is 1. The molecule has 0 heterocycles. The van der Waals surface area contributed by atoms with Gasteiger partial charge in [0, 0.05) is 36.1 Å². The predicted octanol–water partition coefficient (Wildman–Crippen LogP) is 3.19. The van der Waals surface area contributed by atoms with Crippen molar-refractivity contribution >= 4 is 11.4 Å². The second-order valence-electron chi connectivity index (χ2n) is 4.80. The van der Waals surface area contributed by atoms with Crippen LogP contribution in [0.15, 0.2) is 18.2 Å². The Kier molecular flexibility index (Phi) is 6.01. The summed E-state index contributed by atoms with van der Waals surface area (Å²) in [5.74, 6) is 0.791. The van der Waals surface area contributed by atoms with E-state index in [-0.39, 0.29) is 0 Å². The number of rotatable bonds is 7.